The van der Waals surface area contributed by atoms with E-state index in [1.54, 1.807) is 25.1 Å². The van der Waals surface area contributed by atoms with Crippen LogP contribution in [0.25, 0.3) is 11.0 Å². The maximum absolute atomic E-state index is 12.4. The van der Waals surface area contributed by atoms with Gasteiger partial charge in [-0.2, -0.15) is 0 Å². The zero-order valence-corrected chi connectivity index (χ0v) is 13.8. The van der Waals surface area contributed by atoms with E-state index in [9.17, 15) is 9.59 Å². The topological polar surface area (TPSA) is 56.5 Å². The number of ether oxygens (including phenoxy) is 1. The van der Waals surface area contributed by atoms with Gasteiger partial charge in [0.25, 0.3) is 0 Å². The molecule has 4 nitrogen and oxygen atoms in total. The maximum Gasteiger partial charge on any atom is 0.343 e. The molecule has 0 radical (unpaired) electrons. The van der Waals surface area contributed by atoms with Crippen molar-refractivity contribution in [2.45, 2.75) is 19.8 Å². The fourth-order valence-corrected chi connectivity index (χ4v) is 2.72. The van der Waals surface area contributed by atoms with Crippen LogP contribution in [0.15, 0.2) is 57.7 Å². The fourth-order valence-electron chi connectivity index (χ4n) is 2.47. The molecule has 0 atom stereocenters. The summed E-state index contributed by atoms with van der Waals surface area (Å²) in [6, 6.07) is 14.4. The normalized spacial score (nSPS) is 10.8. The van der Waals surface area contributed by atoms with Crippen molar-refractivity contribution in [3.63, 3.8) is 0 Å². The van der Waals surface area contributed by atoms with Gasteiger partial charge in [-0.15, -0.1) is 0 Å². The molecular formula is C19H15ClO4. The van der Waals surface area contributed by atoms with E-state index in [1.165, 1.54) is 0 Å². The molecule has 0 bridgehead atoms. The highest BCUT2D eigenvalue weighted by Gasteiger charge is 2.20. The number of hydrogen-bond acceptors (Lipinski definition) is 4. The Hall–Kier alpha value is -2.59. The number of rotatable bonds is 4. The van der Waals surface area contributed by atoms with Crippen LogP contribution in [0.1, 0.15) is 24.5 Å². The van der Waals surface area contributed by atoms with E-state index in [-0.39, 0.29) is 24.2 Å². The van der Waals surface area contributed by atoms with Crippen LogP contribution in [-0.2, 0) is 11.2 Å². The Kier molecular flexibility index (Phi) is 4.67. The minimum Gasteiger partial charge on any atom is -0.425 e. The Morgan fingerprint density at radius 3 is 2.58 bits per heavy atom. The van der Waals surface area contributed by atoms with Crippen molar-refractivity contribution in [2.75, 3.05) is 0 Å². The van der Waals surface area contributed by atoms with Crippen LogP contribution in [0.2, 0.25) is 5.02 Å². The van der Waals surface area contributed by atoms with Gasteiger partial charge in [0.1, 0.15) is 5.58 Å². The Balaban J connectivity index is 2.24. The van der Waals surface area contributed by atoms with Crippen molar-refractivity contribution in [2.24, 2.45) is 0 Å². The highest BCUT2D eigenvalue weighted by Crippen LogP contribution is 2.34. The molecule has 0 fully saturated rings. The van der Waals surface area contributed by atoms with E-state index in [1.807, 2.05) is 30.3 Å². The summed E-state index contributed by atoms with van der Waals surface area (Å²) in [5, 5.41) is 0.802. The molecule has 3 rings (SSSR count). The molecule has 0 N–H and O–H groups in total. The lowest BCUT2D eigenvalue weighted by molar-refractivity contribution is -0.133. The van der Waals surface area contributed by atoms with E-state index in [0.29, 0.717) is 16.0 Å². The molecule has 1 heterocycles. The summed E-state index contributed by atoms with van der Waals surface area (Å²) < 4.78 is 10.8. The molecule has 5 heteroatoms. The zero-order valence-electron chi connectivity index (χ0n) is 13.0. The average Bonchev–Trinajstić information content (AvgIpc) is 2.58. The highest BCUT2D eigenvalue weighted by molar-refractivity contribution is 6.35. The second-order valence-corrected chi connectivity index (χ2v) is 5.71. The molecule has 0 aliphatic heterocycles. The molecule has 0 spiro atoms. The number of esters is 1. The second-order valence-electron chi connectivity index (χ2n) is 5.30. The van der Waals surface area contributed by atoms with Crippen LogP contribution in [0.3, 0.4) is 0 Å². The van der Waals surface area contributed by atoms with E-state index >= 15 is 0 Å². The van der Waals surface area contributed by atoms with Crippen LogP contribution >= 0.6 is 11.6 Å². The summed E-state index contributed by atoms with van der Waals surface area (Å²) in [7, 11) is 0. The van der Waals surface area contributed by atoms with E-state index in [4.69, 9.17) is 20.8 Å². The third-order valence-electron chi connectivity index (χ3n) is 3.65. The molecule has 0 unspecified atom stereocenters. The number of hydrogen-bond donors (Lipinski definition) is 0. The maximum atomic E-state index is 12.4. The number of halogens is 1. The summed E-state index contributed by atoms with van der Waals surface area (Å²) in [6.07, 6.45) is 0.480. The van der Waals surface area contributed by atoms with Crippen molar-refractivity contribution in [3.05, 3.63) is 75.1 Å². The predicted molar refractivity (Wildman–Crippen MR) is 92.7 cm³/mol. The lowest BCUT2D eigenvalue weighted by Gasteiger charge is -2.12. The van der Waals surface area contributed by atoms with Gasteiger partial charge < -0.3 is 9.15 Å². The Morgan fingerprint density at radius 2 is 1.88 bits per heavy atom. The Bertz CT molecular complexity index is 945. The van der Waals surface area contributed by atoms with E-state index in [0.717, 1.165) is 5.56 Å². The number of carbonyl (C=O) groups is 1. The molecule has 2 aromatic carbocycles. The first-order chi connectivity index (χ1) is 11.6. The summed E-state index contributed by atoms with van der Waals surface area (Å²) in [5.41, 5.74) is 0.948. The molecule has 3 aromatic rings. The smallest absolute Gasteiger partial charge is 0.343 e. The summed E-state index contributed by atoms with van der Waals surface area (Å²) >= 11 is 6.26. The molecule has 0 saturated heterocycles. The van der Waals surface area contributed by atoms with Crippen LogP contribution in [0.5, 0.6) is 5.75 Å². The molecule has 0 aliphatic carbocycles. The molecular weight excluding hydrogens is 328 g/mol. The molecule has 0 saturated carbocycles. The minimum atomic E-state index is -0.535. The van der Waals surface area contributed by atoms with Crippen molar-refractivity contribution in [1.29, 1.82) is 0 Å². The van der Waals surface area contributed by atoms with Crippen molar-refractivity contribution >= 4 is 28.5 Å². The lowest BCUT2D eigenvalue weighted by atomic mass is 10.0. The molecule has 122 valence electrons. The number of carbonyl (C=O) groups excluding carboxylic acids is 1. The number of fused-ring (bicyclic) bond motifs is 1. The number of benzene rings is 2. The van der Waals surface area contributed by atoms with E-state index in [2.05, 4.69) is 0 Å². The average molecular weight is 343 g/mol. The van der Waals surface area contributed by atoms with Gasteiger partial charge in [0.05, 0.1) is 16.0 Å². The van der Waals surface area contributed by atoms with Gasteiger partial charge in [-0.3, -0.25) is 4.79 Å². The second kappa shape index (κ2) is 6.89. The minimum absolute atomic E-state index is 0.183. The summed E-state index contributed by atoms with van der Waals surface area (Å²) in [4.78, 5) is 24.3. The largest absolute Gasteiger partial charge is 0.425 e. The van der Waals surface area contributed by atoms with Crippen molar-refractivity contribution < 1.29 is 13.9 Å². The Morgan fingerprint density at radius 1 is 1.12 bits per heavy atom. The molecule has 24 heavy (non-hydrogen) atoms. The quantitative estimate of drug-likeness (QED) is 0.522. The lowest BCUT2D eigenvalue weighted by Crippen LogP contribution is -2.15. The van der Waals surface area contributed by atoms with Gasteiger partial charge in [0.15, 0.2) is 5.75 Å². The highest BCUT2D eigenvalue weighted by atomic mass is 35.5. The predicted octanol–water partition coefficient (Wildman–Crippen LogP) is 4.35. The van der Waals surface area contributed by atoms with Crippen LogP contribution < -0.4 is 10.4 Å². The van der Waals surface area contributed by atoms with Crippen LogP contribution in [0.4, 0.5) is 0 Å². The van der Waals surface area contributed by atoms with Gasteiger partial charge in [0.2, 0.25) is 0 Å². The van der Waals surface area contributed by atoms with Crippen LogP contribution in [-0.4, -0.2) is 5.97 Å². The third-order valence-corrected chi connectivity index (χ3v) is 3.97. The Labute approximate surface area is 143 Å². The van der Waals surface area contributed by atoms with Gasteiger partial charge in [-0.25, -0.2) is 4.79 Å². The first-order valence-corrected chi connectivity index (χ1v) is 7.96. The molecule has 1 aromatic heterocycles. The van der Waals surface area contributed by atoms with Gasteiger partial charge in [0, 0.05) is 12.8 Å². The van der Waals surface area contributed by atoms with Crippen molar-refractivity contribution in [3.8, 4) is 5.75 Å². The van der Waals surface area contributed by atoms with Gasteiger partial charge in [-0.05, 0) is 17.7 Å². The van der Waals surface area contributed by atoms with E-state index < -0.39 is 11.6 Å². The molecule has 0 amide bonds. The van der Waals surface area contributed by atoms with Crippen molar-refractivity contribution in [1.82, 2.24) is 0 Å². The summed E-state index contributed by atoms with van der Waals surface area (Å²) in [6.45, 7) is 1.69. The zero-order chi connectivity index (χ0) is 17.1. The standard InChI is InChI=1S/C19H15ClO4/c1-2-16(21)24-18-13(11-12-7-4-3-5-8-12)19(22)23-15-10-6-9-14(20)17(15)18/h3-10H,2,11H2,1H3. The first kappa shape index (κ1) is 16.3. The third kappa shape index (κ3) is 3.19. The summed E-state index contributed by atoms with van der Waals surface area (Å²) in [5.74, 6) is -0.251. The van der Waals surface area contributed by atoms with Crippen LogP contribution in [0, 0.1) is 0 Å². The fraction of sp³-hybridized carbons (Fsp3) is 0.158. The monoisotopic (exact) mass is 342 g/mol. The molecule has 0 aliphatic rings. The first-order valence-electron chi connectivity index (χ1n) is 7.59. The van der Waals surface area contributed by atoms with Gasteiger partial charge >= 0.3 is 11.6 Å². The SMILES string of the molecule is CCC(=O)Oc1c(Cc2ccccc2)c(=O)oc2cccc(Cl)c12. The van der Waals surface area contributed by atoms with Gasteiger partial charge in [-0.1, -0.05) is 54.9 Å².